The molecule has 1 aliphatic heterocycles. The quantitative estimate of drug-likeness (QED) is 0.500. The molecule has 2 unspecified atom stereocenters. The Kier molecular flexibility index (Phi) is 6.79. The highest BCUT2D eigenvalue weighted by atomic mass is 32.2. The summed E-state index contributed by atoms with van der Waals surface area (Å²) in [6, 6.07) is 4.84. The third-order valence-electron chi connectivity index (χ3n) is 5.54. The molecule has 1 amide bonds. The van der Waals surface area contributed by atoms with Gasteiger partial charge in [0.2, 0.25) is 0 Å². The summed E-state index contributed by atoms with van der Waals surface area (Å²) < 4.78 is 29.8. The number of nitrogens with zero attached hydrogens (tertiary/aromatic N) is 2. The van der Waals surface area contributed by atoms with Crippen molar-refractivity contribution in [1.29, 1.82) is 0 Å². The van der Waals surface area contributed by atoms with Gasteiger partial charge in [0.25, 0.3) is 11.5 Å². The Bertz CT molecular complexity index is 1180. The van der Waals surface area contributed by atoms with Crippen molar-refractivity contribution in [1.82, 2.24) is 15.0 Å². The molecule has 1 aliphatic rings. The van der Waals surface area contributed by atoms with Crippen molar-refractivity contribution in [3.05, 3.63) is 40.4 Å². The van der Waals surface area contributed by atoms with E-state index in [-0.39, 0.29) is 18.5 Å². The van der Waals surface area contributed by atoms with Gasteiger partial charge in [0.15, 0.2) is 20.9 Å². The molecule has 0 aliphatic carbocycles. The summed E-state index contributed by atoms with van der Waals surface area (Å²) >= 11 is 0. The fourth-order valence-corrected chi connectivity index (χ4v) is 4.08. The summed E-state index contributed by atoms with van der Waals surface area (Å²) in [5, 5.41) is 0.352. The van der Waals surface area contributed by atoms with Crippen molar-refractivity contribution in [3.63, 3.8) is 0 Å². The first-order valence-electron chi connectivity index (χ1n) is 9.89. The zero-order chi connectivity index (χ0) is 22.6. The molecule has 2 aromatic rings. The van der Waals surface area contributed by atoms with E-state index in [1.807, 2.05) is 0 Å². The molecule has 2 atom stereocenters. The number of hydrogen-bond donors (Lipinski definition) is 1. The molecule has 10 heteroatoms. The Balaban J connectivity index is 1.78. The van der Waals surface area contributed by atoms with Crippen LogP contribution >= 0.6 is 0 Å². The third-order valence-corrected chi connectivity index (χ3v) is 7.57. The standard InChI is InChI=1S/C21H25N3O6S/c1-4-15-8-9-16-17(13-15)22-14-24(19(16)25)11-10-21(2,31(3,27)28)20(26)23-30-18-7-5-6-12-29-18/h1,8-9,13-14,18H,5-7,10-12H2,2-3H3,(H,23,26). The largest absolute Gasteiger partial charge is 0.350 e. The molecular formula is C21H25N3O6S. The molecule has 2 heterocycles. The second-order valence-corrected chi connectivity index (χ2v) is 10.2. The molecule has 166 valence electrons. The predicted molar refractivity (Wildman–Crippen MR) is 115 cm³/mol. The Morgan fingerprint density at radius 3 is 2.87 bits per heavy atom. The highest BCUT2D eigenvalue weighted by Crippen LogP contribution is 2.23. The van der Waals surface area contributed by atoms with Crippen molar-refractivity contribution >= 4 is 26.6 Å². The zero-order valence-electron chi connectivity index (χ0n) is 17.5. The Morgan fingerprint density at radius 2 is 2.23 bits per heavy atom. The van der Waals surface area contributed by atoms with E-state index in [0.29, 0.717) is 29.5 Å². The number of ether oxygens (including phenoxy) is 1. The maximum absolute atomic E-state index is 12.8. The van der Waals surface area contributed by atoms with Gasteiger partial charge in [-0.2, -0.15) is 0 Å². The number of rotatable bonds is 7. The molecule has 0 spiro atoms. The number of hydrogen-bond acceptors (Lipinski definition) is 7. The monoisotopic (exact) mass is 447 g/mol. The second-order valence-electron chi connectivity index (χ2n) is 7.72. The first-order valence-corrected chi connectivity index (χ1v) is 11.8. The molecule has 3 rings (SSSR count). The number of carbonyl (C=O) groups excluding carboxylic acids is 1. The molecule has 0 radical (unpaired) electrons. The molecule has 1 fully saturated rings. The van der Waals surface area contributed by atoms with E-state index in [0.717, 1.165) is 19.1 Å². The van der Waals surface area contributed by atoms with Crippen molar-refractivity contribution in [2.75, 3.05) is 12.9 Å². The van der Waals surface area contributed by atoms with E-state index in [9.17, 15) is 18.0 Å². The number of terminal acetylenes is 1. The van der Waals surface area contributed by atoms with E-state index in [1.165, 1.54) is 17.8 Å². The number of benzene rings is 1. The minimum absolute atomic E-state index is 0.0322. The summed E-state index contributed by atoms with van der Waals surface area (Å²) in [6.45, 7) is 1.79. The summed E-state index contributed by atoms with van der Waals surface area (Å²) in [5.74, 6) is 1.67. The van der Waals surface area contributed by atoms with E-state index in [1.54, 1.807) is 18.2 Å². The number of hydroxylamine groups is 1. The van der Waals surface area contributed by atoms with Gasteiger partial charge in [-0.15, -0.1) is 6.42 Å². The lowest BCUT2D eigenvalue weighted by Gasteiger charge is -2.28. The zero-order valence-corrected chi connectivity index (χ0v) is 18.3. The number of amides is 1. The van der Waals surface area contributed by atoms with Gasteiger partial charge < -0.3 is 4.74 Å². The topological polar surface area (TPSA) is 117 Å². The summed E-state index contributed by atoms with van der Waals surface area (Å²) in [4.78, 5) is 35.0. The Labute approximate surface area is 180 Å². The van der Waals surface area contributed by atoms with E-state index < -0.39 is 26.8 Å². The lowest BCUT2D eigenvalue weighted by molar-refractivity contribution is -0.201. The van der Waals surface area contributed by atoms with Gasteiger partial charge in [0.05, 0.1) is 17.2 Å². The molecular weight excluding hydrogens is 422 g/mol. The molecule has 1 N–H and O–H groups in total. The maximum Gasteiger partial charge on any atom is 0.264 e. The van der Waals surface area contributed by atoms with Crippen LogP contribution < -0.4 is 11.0 Å². The molecule has 31 heavy (non-hydrogen) atoms. The number of sulfone groups is 1. The molecule has 1 saturated heterocycles. The van der Waals surface area contributed by atoms with Gasteiger partial charge >= 0.3 is 0 Å². The van der Waals surface area contributed by atoms with Crippen LogP contribution in [0, 0.1) is 12.3 Å². The van der Waals surface area contributed by atoms with Crippen LogP contribution in [0.1, 0.15) is 38.2 Å². The Hall–Kier alpha value is -2.74. The molecule has 1 aromatic heterocycles. The van der Waals surface area contributed by atoms with E-state index in [2.05, 4.69) is 16.4 Å². The highest BCUT2D eigenvalue weighted by molar-refractivity contribution is 7.92. The SMILES string of the molecule is C#Cc1ccc2c(=O)n(CCC(C)(C(=O)NOC3CCCCO3)S(C)(=O)=O)cnc2c1. The fourth-order valence-electron chi connectivity index (χ4n) is 3.24. The number of carbonyl (C=O) groups is 1. The normalized spacial score (nSPS) is 18.8. The van der Waals surface area contributed by atoms with Crippen LogP contribution in [0.4, 0.5) is 0 Å². The van der Waals surface area contributed by atoms with Crippen molar-refractivity contribution in [2.24, 2.45) is 0 Å². The average molecular weight is 448 g/mol. The second kappa shape index (κ2) is 9.18. The third kappa shape index (κ3) is 4.95. The Morgan fingerprint density at radius 1 is 1.45 bits per heavy atom. The van der Waals surface area contributed by atoms with Crippen molar-refractivity contribution in [3.8, 4) is 12.3 Å². The van der Waals surface area contributed by atoms with Crippen molar-refractivity contribution in [2.45, 2.75) is 50.2 Å². The van der Waals surface area contributed by atoms with Gasteiger partial charge in [0.1, 0.15) is 0 Å². The van der Waals surface area contributed by atoms with Gasteiger partial charge in [-0.05, 0) is 44.4 Å². The van der Waals surface area contributed by atoms with Gasteiger partial charge in [-0.1, -0.05) is 5.92 Å². The molecule has 0 saturated carbocycles. The van der Waals surface area contributed by atoms with Gasteiger partial charge in [-0.3, -0.25) is 14.2 Å². The lowest BCUT2D eigenvalue weighted by Crippen LogP contribution is -2.51. The van der Waals surface area contributed by atoms with Gasteiger partial charge in [0, 0.05) is 31.4 Å². The van der Waals surface area contributed by atoms with Crippen LogP contribution in [0.15, 0.2) is 29.3 Å². The molecule has 9 nitrogen and oxygen atoms in total. The average Bonchev–Trinajstić information content (AvgIpc) is 2.76. The van der Waals surface area contributed by atoms with Crippen LogP contribution in [0.5, 0.6) is 0 Å². The van der Waals surface area contributed by atoms with E-state index >= 15 is 0 Å². The summed E-state index contributed by atoms with van der Waals surface area (Å²) in [6.07, 6.45) is 9.32. The number of aromatic nitrogens is 2. The number of aryl methyl sites for hydroxylation is 1. The van der Waals surface area contributed by atoms with Crippen LogP contribution in [-0.2, 0) is 30.8 Å². The minimum Gasteiger partial charge on any atom is -0.350 e. The van der Waals surface area contributed by atoms with E-state index in [4.69, 9.17) is 16.0 Å². The first kappa shape index (κ1) is 22.9. The predicted octanol–water partition coefficient (Wildman–Crippen LogP) is 1.15. The van der Waals surface area contributed by atoms with Crippen LogP contribution in [0.2, 0.25) is 0 Å². The number of nitrogens with one attached hydrogen (secondary N) is 1. The van der Waals surface area contributed by atoms with Crippen LogP contribution in [0.25, 0.3) is 10.9 Å². The fraction of sp³-hybridized carbons (Fsp3) is 0.476. The maximum atomic E-state index is 12.8. The highest BCUT2D eigenvalue weighted by Gasteiger charge is 2.44. The van der Waals surface area contributed by atoms with Crippen molar-refractivity contribution < 1.29 is 22.8 Å². The molecule has 1 aromatic carbocycles. The van der Waals surface area contributed by atoms with Crippen LogP contribution in [-0.4, -0.2) is 47.8 Å². The smallest absolute Gasteiger partial charge is 0.264 e. The lowest BCUT2D eigenvalue weighted by atomic mass is 10.1. The van der Waals surface area contributed by atoms with Gasteiger partial charge in [-0.25, -0.2) is 23.7 Å². The molecule has 0 bridgehead atoms. The minimum atomic E-state index is -3.84. The van der Waals surface area contributed by atoms with Crippen LogP contribution in [0.3, 0.4) is 0 Å². The first-order chi connectivity index (χ1) is 14.7. The summed E-state index contributed by atoms with van der Waals surface area (Å²) in [7, 11) is -3.84. The number of fused-ring (bicyclic) bond motifs is 1. The summed E-state index contributed by atoms with van der Waals surface area (Å²) in [5.41, 5.74) is 2.92.